The molecule has 0 bridgehead atoms. The van der Waals surface area contributed by atoms with E-state index in [0.29, 0.717) is 13.1 Å². The van der Waals surface area contributed by atoms with Crippen LogP contribution in [-0.2, 0) is 16.1 Å². The topological polar surface area (TPSA) is 147 Å². The van der Waals surface area contributed by atoms with Crippen LogP contribution in [0.15, 0.2) is 42.5 Å². The van der Waals surface area contributed by atoms with E-state index >= 15 is 0 Å². The van der Waals surface area contributed by atoms with Crippen LogP contribution in [0.5, 0.6) is 11.5 Å². The number of piperazine rings is 1. The van der Waals surface area contributed by atoms with Crippen molar-refractivity contribution in [1.29, 1.82) is 0 Å². The van der Waals surface area contributed by atoms with Gasteiger partial charge in [0.1, 0.15) is 5.52 Å². The second-order valence-electron chi connectivity index (χ2n) is 7.33. The molecule has 1 fully saturated rings. The van der Waals surface area contributed by atoms with Gasteiger partial charge in [-0.1, -0.05) is 23.4 Å². The average molecular weight is 455 g/mol. The van der Waals surface area contributed by atoms with E-state index in [2.05, 4.69) is 21.3 Å². The van der Waals surface area contributed by atoms with E-state index in [1.165, 1.54) is 10.2 Å². The van der Waals surface area contributed by atoms with E-state index < -0.39 is 11.9 Å². The molecule has 12 nitrogen and oxygen atoms in total. The van der Waals surface area contributed by atoms with Crippen molar-refractivity contribution in [2.45, 2.75) is 6.54 Å². The molecule has 5 rings (SSSR count). The van der Waals surface area contributed by atoms with Gasteiger partial charge in [0.15, 0.2) is 11.5 Å². The van der Waals surface area contributed by atoms with Gasteiger partial charge in [-0.25, -0.2) is 14.4 Å². The van der Waals surface area contributed by atoms with Crippen LogP contribution in [-0.4, -0.2) is 85.9 Å². The summed E-state index contributed by atoms with van der Waals surface area (Å²) in [4.78, 5) is 35.2. The zero-order chi connectivity index (χ0) is 23.4. The van der Waals surface area contributed by atoms with Gasteiger partial charge in [-0.05, 0) is 29.8 Å². The van der Waals surface area contributed by atoms with E-state index in [-0.39, 0.29) is 12.8 Å². The lowest BCUT2D eigenvalue weighted by molar-refractivity contribution is -0.159. The molecule has 0 spiro atoms. The monoisotopic (exact) mass is 455 g/mol. The SMILES string of the molecule is O=C(N1CCN(Cc2ccc3c(c2)OCO3)CC1)n1nnc2ccccc21.O=C(O)C(=O)O. The van der Waals surface area contributed by atoms with Crippen molar-refractivity contribution in [2.75, 3.05) is 33.0 Å². The van der Waals surface area contributed by atoms with E-state index in [1.54, 1.807) is 0 Å². The van der Waals surface area contributed by atoms with Gasteiger partial charge in [-0.2, -0.15) is 4.68 Å². The molecular formula is C21H21N5O7. The molecule has 12 heteroatoms. The number of hydrogen-bond donors (Lipinski definition) is 2. The molecule has 33 heavy (non-hydrogen) atoms. The molecule has 2 aliphatic rings. The van der Waals surface area contributed by atoms with E-state index in [9.17, 15) is 4.79 Å². The standard InChI is InChI=1S/C19H19N5O3.C2H2O4/c25-19(24-16-4-2-1-3-15(16)20-21-24)23-9-7-22(8-10-23)12-14-5-6-17-18(11-14)27-13-26-17;3-1(4)2(5)6/h1-6,11H,7-10,12-13H2;(H,3,4)(H,5,6). The zero-order valence-electron chi connectivity index (χ0n) is 17.5. The molecule has 2 N–H and O–H groups in total. The van der Waals surface area contributed by atoms with Gasteiger partial charge < -0.3 is 24.6 Å². The summed E-state index contributed by atoms with van der Waals surface area (Å²) in [6.07, 6.45) is 0. The summed E-state index contributed by atoms with van der Waals surface area (Å²) in [5, 5.41) is 22.9. The molecule has 0 radical (unpaired) electrons. The van der Waals surface area contributed by atoms with Crippen molar-refractivity contribution in [3.63, 3.8) is 0 Å². The van der Waals surface area contributed by atoms with Crippen LogP contribution in [0.1, 0.15) is 5.56 Å². The highest BCUT2D eigenvalue weighted by Crippen LogP contribution is 2.32. The molecular weight excluding hydrogens is 434 g/mol. The first-order chi connectivity index (χ1) is 15.9. The maximum atomic E-state index is 12.8. The largest absolute Gasteiger partial charge is 0.473 e. The number of nitrogens with zero attached hydrogens (tertiary/aromatic N) is 5. The Hall–Kier alpha value is -4.19. The van der Waals surface area contributed by atoms with Crippen molar-refractivity contribution in [2.24, 2.45) is 0 Å². The molecule has 2 aromatic carbocycles. The fourth-order valence-electron chi connectivity index (χ4n) is 3.54. The molecule has 0 unspecified atom stereocenters. The van der Waals surface area contributed by atoms with Crippen molar-refractivity contribution >= 4 is 29.0 Å². The number of carbonyl (C=O) groups excluding carboxylic acids is 1. The second kappa shape index (κ2) is 9.53. The maximum Gasteiger partial charge on any atom is 0.414 e. The van der Waals surface area contributed by atoms with Gasteiger partial charge in [0.05, 0.1) is 5.52 Å². The number of fused-ring (bicyclic) bond motifs is 2. The molecule has 3 aromatic rings. The van der Waals surface area contributed by atoms with Crippen LogP contribution < -0.4 is 9.47 Å². The van der Waals surface area contributed by atoms with Gasteiger partial charge >= 0.3 is 18.0 Å². The molecule has 0 aliphatic carbocycles. The lowest BCUT2D eigenvalue weighted by Gasteiger charge is -2.34. The number of carboxylic acids is 2. The first-order valence-electron chi connectivity index (χ1n) is 10.1. The number of amides is 1. The second-order valence-corrected chi connectivity index (χ2v) is 7.33. The molecule has 3 heterocycles. The molecule has 1 aromatic heterocycles. The Bertz CT molecular complexity index is 1170. The molecule has 2 aliphatic heterocycles. The zero-order valence-corrected chi connectivity index (χ0v) is 17.5. The summed E-state index contributed by atoms with van der Waals surface area (Å²) in [6.45, 7) is 4.07. The van der Waals surface area contributed by atoms with Gasteiger partial charge in [0, 0.05) is 32.7 Å². The molecule has 0 atom stereocenters. The van der Waals surface area contributed by atoms with E-state index in [1.807, 2.05) is 41.3 Å². The van der Waals surface area contributed by atoms with Gasteiger partial charge in [-0.3, -0.25) is 4.90 Å². The smallest absolute Gasteiger partial charge is 0.414 e. The third kappa shape index (κ3) is 5.01. The Morgan fingerprint density at radius 1 is 0.909 bits per heavy atom. The fraction of sp³-hybridized carbons (Fsp3) is 0.286. The number of aliphatic carboxylic acids is 2. The van der Waals surface area contributed by atoms with Crippen LogP contribution in [0.4, 0.5) is 4.79 Å². The summed E-state index contributed by atoms with van der Waals surface area (Å²) in [6, 6.07) is 13.4. The van der Waals surface area contributed by atoms with Gasteiger partial charge in [-0.15, -0.1) is 5.10 Å². The Labute approximate surface area is 187 Å². The van der Waals surface area contributed by atoms with Gasteiger partial charge in [0.2, 0.25) is 6.79 Å². The first-order valence-corrected chi connectivity index (χ1v) is 10.1. The highest BCUT2D eigenvalue weighted by atomic mass is 16.7. The number of hydrogen-bond acceptors (Lipinski definition) is 8. The molecule has 172 valence electrons. The third-order valence-corrected chi connectivity index (χ3v) is 5.20. The Kier molecular flexibility index (Phi) is 6.36. The number of benzene rings is 2. The minimum Gasteiger partial charge on any atom is -0.473 e. The van der Waals surface area contributed by atoms with E-state index in [4.69, 9.17) is 29.3 Å². The number of aromatic nitrogens is 3. The van der Waals surface area contributed by atoms with Crippen molar-refractivity contribution in [3.05, 3.63) is 48.0 Å². The predicted molar refractivity (Wildman–Crippen MR) is 113 cm³/mol. The third-order valence-electron chi connectivity index (χ3n) is 5.20. The number of carbonyl (C=O) groups is 3. The Morgan fingerprint density at radius 3 is 2.33 bits per heavy atom. The summed E-state index contributed by atoms with van der Waals surface area (Å²) in [5.74, 6) is -2.04. The van der Waals surface area contributed by atoms with Crippen LogP contribution in [0.25, 0.3) is 11.0 Å². The number of rotatable bonds is 2. The summed E-state index contributed by atoms with van der Waals surface area (Å²) >= 11 is 0. The number of para-hydroxylation sites is 1. The van der Waals surface area contributed by atoms with Crippen LogP contribution in [0.2, 0.25) is 0 Å². The lowest BCUT2D eigenvalue weighted by atomic mass is 10.1. The van der Waals surface area contributed by atoms with Crippen LogP contribution in [0.3, 0.4) is 0 Å². The van der Waals surface area contributed by atoms with Crippen molar-refractivity contribution in [3.8, 4) is 11.5 Å². The predicted octanol–water partition coefficient (Wildman–Crippen LogP) is 1.10. The van der Waals surface area contributed by atoms with Crippen molar-refractivity contribution < 1.29 is 34.1 Å². The minimum absolute atomic E-state index is 0.119. The minimum atomic E-state index is -1.82. The first kappa shape index (κ1) is 22.0. The number of carboxylic acid groups (broad SMARTS) is 2. The molecule has 1 amide bonds. The van der Waals surface area contributed by atoms with Gasteiger partial charge in [0.25, 0.3) is 0 Å². The lowest BCUT2D eigenvalue weighted by Crippen LogP contribution is -2.49. The Morgan fingerprint density at radius 2 is 1.61 bits per heavy atom. The summed E-state index contributed by atoms with van der Waals surface area (Å²) < 4.78 is 12.2. The van der Waals surface area contributed by atoms with Crippen LogP contribution in [0, 0.1) is 0 Å². The highest BCUT2D eigenvalue weighted by molar-refractivity contribution is 6.27. The molecule has 1 saturated heterocycles. The average Bonchev–Trinajstić information content (AvgIpc) is 3.46. The number of ether oxygens (including phenoxy) is 2. The highest BCUT2D eigenvalue weighted by Gasteiger charge is 2.24. The summed E-state index contributed by atoms with van der Waals surface area (Å²) in [7, 11) is 0. The van der Waals surface area contributed by atoms with E-state index in [0.717, 1.165) is 42.2 Å². The fourth-order valence-corrected chi connectivity index (χ4v) is 3.54. The Balaban J connectivity index is 0.000000385. The van der Waals surface area contributed by atoms with Crippen molar-refractivity contribution in [1.82, 2.24) is 24.8 Å². The summed E-state index contributed by atoms with van der Waals surface area (Å²) in [5.41, 5.74) is 2.65. The normalized spacial score (nSPS) is 15.1. The van der Waals surface area contributed by atoms with Crippen LogP contribution >= 0.6 is 0 Å². The quantitative estimate of drug-likeness (QED) is 0.538. The maximum absolute atomic E-state index is 12.8. The molecule has 0 saturated carbocycles.